The lowest BCUT2D eigenvalue weighted by atomic mass is 10.2. The van der Waals surface area contributed by atoms with Crippen LogP contribution in [0.5, 0.6) is 0 Å². The van der Waals surface area contributed by atoms with Crippen LogP contribution in [0.4, 0.5) is 4.39 Å². The van der Waals surface area contributed by atoms with Crippen LogP contribution < -0.4 is 5.76 Å². The van der Waals surface area contributed by atoms with Crippen molar-refractivity contribution in [3.05, 3.63) is 77.0 Å². The first-order chi connectivity index (χ1) is 13.6. The molecule has 0 atom stereocenters. The molecular weight excluding hydrogens is 367 g/mol. The van der Waals surface area contributed by atoms with Crippen LogP contribution in [-0.4, -0.2) is 15.5 Å². The minimum Gasteiger partial charge on any atom is -0.456 e. The third kappa shape index (κ3) is 3.71. The summed E-state index contributed by atoms with van der Waals surface area (Å²) in [6.07, 6.45) is 1.47. The molecule has 0 radical (unpaired) electrons. The SMILES string of the molecule is O=C(CCn1c(=O)oc2ccccc21)OCc1ncc(-c2ccc(F)cc2)o1. The van der Waals surface area contributed by atoms with Crippen LogP contribution in [0.1, 0.15) is 12.3 Å². The Morgan fingerprint density at radius 3 is 2.71 bits per heavy atom. The molecule has 4 aromatic rings. The molecule has 7 nitrogen and oxygen atoms in total. The molecule has 4 rings (SSSR count). The summed E-state index contributed by atoms with van der Waals surface area (Å²) in [5.41, 5.74) is 1.75. The number of hydrogen-bond acceptors (Lipinski definition) is 6. The van der Waals surface area contributed by atoms with E-state index in [-0.39, 0.29) is 31.3 Å². The smallest absolute Gasteiger partial charge is 0.419 e. The number of para-hydroxylation sites is 2. The Kier molecular flexibility index (Phi) is 4.76. The number of benzene rings is 2. The third-order valence-corrected chi connectivity index (χ3v) is 4.15. The van der Waals surface area contributed by atoms with Gasteiger partial charge in [-0.15, -0.1) is 0 Å². The van der Waals surface area contributed by atoms with Crippen molar-refractivity contribution in [1.29, 1.82) is 0 Å². The molecule has 0 amide bonds. The molecular formula is C20H15FN2O5. The van der Waals surface area contributed by atoms with Gasteiger partial charge in [-0.2, -0.15) is 0 Å². The van der Waals surface area contributed by atoms with Crippen molar-refractivity contribution in [2.24, 2.45) is 0 Å². The first-order valence-corrected chi connectivity index (χ1v) is 8.55. The van der Waals surface area contributed by atoms with E-state index in [9.17, 15) is 14.0 Å². The molecule has 8 heteroatoms. The standard InChI is InChI=1S/C20H15FN2O5/c21-14-7-5-13(6-8-14)17-11-22-18(27-17)12-26-19(24)9-10-23-15-3-1-2-4-16(15)28-20(23)25/h1-8,11H,9-10,12H2. The van der Waals surface area contributed by atoms with Crippen molar-refractivity contribution in [3.8, 4) is 11.3 Å². The number of ether oxygens (including phenoxy) is 1. The zero-order valence-corrected chi connectivity index (χ0v) is 14.6. The second kappa shape index (κ2) is 7.51. The minimum atomic E-state index is -0.523. The highest BCUT2D eigenvalue weighted by atomic mass is 19.1. The van der Waals surface area contributed by atoms with E-state index in [4.69, 9.17) is 13.6 Å². The molecule has 0 aliphatic rings. The Labute approximate surface area is 158 Å². The second-order valence-electron chi connectivity index (χ2n) is 6.02. The van der Waals surface area contributed by atoms with Crippen LogP contribution in [0.2, 0.25) is 0 Å². The molecule has 0 saturated carbocycles. The summed E-state index contributed by atoms with van der Waals surface area (Å²) in [7, 11) is 0. The van der Waals surface area contributed by atoms with Gasteiger partial charge in [0, 0.05) is 12.1 Å². The van der Waals surface area contributed by atoms with Crippen molar-refractivity contribution >= 4 is 17.1 Å². The summed E-state index contributed by atoms with van der Waals surface area (Å²) in [4.78, 5) is 27.9. The number of carbonyl (C=O) groups is 1. The van der Waals surface area contributed by atoms with Gasteiger partial charge in [0.2, 0.25) is 5.89 Å². The van der Waals surface area contributed by atoms with Crippen molar-refractivity contribution in [1.82, 2.24) is 9.55 Å². The number of aromatic nitrogens is 2. The fourth-order valence-electron chi connectivity index (χ4n) is 2.77. The zero-order chi connectivity index (χ0) is 19.5. The maximum Gasteiger partial charge on any atom is 0.419 e. The summed E-state index contributed by atoms with van der Waals surface area (Å²) >= 11 is 0. The molecule has 0 saturated heterocycles. The van der Waals surface area contributed by atoms with E-state index in [0.717, 1.165) is 0 Å². The average Bonchev–Trinajstić information content (AvgIpc) is 3.29. The summed E-state index contributed by atoms with van der Waals surface area (Å²) in [5.74, 6) is -0.702. The van der Waals surface area contributed by atoms with E-state index in [1.165, 1.54) is 22.9 Å². The van der Waals surface area contributed by atoms with Crippen molar-refractivity contribution in [3.63, 3.8) is 0 Å². The molecule has 0 aliphatic carbocycles. The Bertz CT molecular complexity index is 1170. The molecule has 0 spiro atoms. The molecule has 28 heavy (non-hydrogen) atoms. The number of fused-ring (bicyclic) bond motifs is 1. The van der Waals surface area contributed by atoms with Gasteiger partial charge in [-0.25, -0.2) is 14.2 Å². The normalized spacial score (nSPS) is 11.0. The molecule has 2 aromatic carbocycles. The summed E-state index contributed by atoms with van der Waals surface area (Å²) in [5, 5.41) is 0. The lowest BCUT2D eigenvalue weighted by Crippen LogP contribution is -2.17. The first-order valence-electron chi connectivity index (χ1n) is 8.55. The maximum absolute atomic E-state index is 13.0. The van der Waals surface area contributed by atoms with Crippen LogP contribution in [0, 0.1) is 5.82 Å². The number of halogens is 1. The highest BCUT2D eigenvalue weighted by Gasteiger charge is 2.13. The Morgan fingerprint density at radius 2 is 1.89 bits per heavy atom. The lowest BCUT2D eigenvalue weighted by Gasteiger charge is -2.03. The summed E-state index contributed by atoms with van der Waals surface area (Å²) < 4.78 is 30.1. The molecule has 2 aromatic heterocycles. The second-order valence-corrected chi connectivity index (χ2v) is 6.02. The van der Waals surface area contributed by atoms with E-state index >= 15 is 0 Å². The number of nitrogens with zero attached hydrogens (tertiary/aromatic N) is 2. The van der Waals surface area contributed by atoms with Gasteiger partial charge in [-0.3, -0.25) is 9.36 Å². The van der Waals surface area contributed by atoms with Gasteiger partial charge in [0.15, 0.2) is 18.0 Å². The number of rotatable bonds is 6. The van der Waals surface area contributed by atoms with E-state index in [0.29, 0.717) is 22.4 Å². The highest BCUT2D eigenvalue weighted by Crippen LogP contribution is 2.21. The fraction of sp³-hybridized carbons (Fsp3) is 0.150. The van der Waals surface area contributed by atoms with Crippen LogP contribution in [0.25, 0.3) is 22.4 Å². The van der Waals surface area contributed by atoms with Gasteiger partial charge in [0.1, 0.15) is 5.82 Å². The molecule has 0 unspecified atom stereocenters. The Hall–Kier alpha value is -3.68. The van der Waals surface area contributed by atoms with Gasteiger partial charge in [0.25, 0.3) is 0 Å². The van der Waals surface area contributed by atoms with Crippen molar-refractivity contribution in [2.45, 2.75) is 19.6 Å². The van der Waals surface area contributed by atoms with E-state index in [1.807, 2.05) is 0 Å². The number of aryl methyl sites for hydroxylation is 1. The van der Waals surface area contributed by atoms with E-state index in [2.05, 4.69) is 4.98 Å². The van der Waals surface area contributed by atoms with Gasteiger partial charge in [0.05, 0.1) is 18.1 Å². The first kappa shape index (κ1) is 17.7. The predicted molar refractivity (Wildman–Crippen MR) is 96.8 cm³/mol. The number of esters is 1. The molecule has 2 heterocycles. The van der Waals surface area contributed by atoms with Crippen LogP contribution in [0.3, 0.4) is 0 Å². The third-order valence-electron chi connectivity index (χ3n) is 4.15. The summed E-state index contributed by atoms with van der Waals surface area (Å²) in [6, 6.07) is 12.8. The van der Waals surface area contributed by atoms with E-state index in [1.54, 1.807) is 36.4 Å². The van der Waals surface area contributed by atoms with Crippen LogP contribution in [-0.2, 0) is 22.7 Å². The molecule has 142 valence electrons. The molecule has 0 aliphatic heterocycles. The largest absolute Gasteiger partial charge is 0.456 e. The van der Waals surface area contributed by atoms with Gasteiger partial charge in [-0.05, 0) is 36.4 Å². The van der Waals surface area contributed by atoms with Gasteiger partial charge < -0.3 is 13.6 Å². The molecule has 0 N–H and O–H groups in total. The van der Waals surface area contributed by atoms with Crippen molar-refractivity contribution in [2.75, 3.05) is 0 Å². The average molecular weight is 382 g/mol. The quantitative estimate of drug-likeness (QED) is 0.474. The van der Waals surface area contributed by atoms with Gasteiger partial charge in [-0.1, -0.05) is 12.1 Å². The van der Waals surface area contributed by atoms with Gasteiger partial charge >= 0.3 is 11.7 Å². The topological polar surface area (TPSA) is 87.5 Å². The van der Waals surface area contributed by atoms with Crippen LogP contribution >= 0.6 is 0 Å². The molecule has 0 fully saturated rings. The molecule has 0 bridgehead atoms. The number of oxazole rings is 2. The predicted octanol–water partition coefficient (Wildman–Crippen LogP) is 3.52. The van der Waals surface area contributed by atoms with Crippen LogP contribution in [0.15, 0.2) is 68.4 Å². The monoisotopic (exact) mass is 382 g/mol. The number of carbonyl (C=O) groups excluding carboxylic acids is 1. The van der Waals surface area contributed by atoms with Crippen molar-refractivity contribution < 1.29 is 22.8 Å². The Balaban J connectivity index is 1.34. The highest BCUT2D eigenvalue weighted by molar-refractivity contribution is 5.73. The lowest BCUT2D eigenvalue weighted by molar-refractivity contribution is -0.145. The van der Waals surface area contributed by atoms with E-state index < -0.39 is 11.7 Å². The maximum atomic E-state index is 13.0. The number of hydrogen-bond donors (Lipinski definition) is 0. The Morgan fingerprint density at radius 1 is 1.11 bits per heavy atom. The minimum absolute atomic E-state index is 0.00500. The fourth-order valence-corrected chi connectivity index (χ4v) is 2.77. The zero-order valence-electron chi connectivity index (χ0n) is 14.6. The summed E-state index contributed by atoms with van der Waals surface area (Å²) in [6.45, 7) is 0.00214.